The SMILES string of the molecule is CC1(CNC(=O)C[C@@H]2CCC[C@H]2N)CC1. The highest BCUT2D eigenvalue weighted by Gasteiger charge is 2.37. The predicted octanol–water partition coefficient (Wildman–Crippen LogP) is 1.42. The maximum Gasteiger partial charge on any atom is 0.220 e. The molecule has 2 aliphatic rings. The Morgan fingerprint density at radius 1 is 1.47 bits per heavy atom. The van der Waals surface area contributed by atoms with Crippen LogP contribution in [0.15, 0.2) is 0 Å². The van der Waals surface area contributed by atoms with E-state index >= 15 is 0 Å². The molecular weight excluding hydrogens is 188 g/mol. The van der Waals surface area contributed by atoms with E-state index in [4.69, 9.17) is 5.73 Å². The minimum absolute atomic E-state index is 0.200. The molecule has 15 heavy (non-hydrogen) atoms. The fourth-order valence-corrected chi connectivity index (χ4v) is 2.33. The maximum atomic E-state index is 11.7. The summed E-state index contributed by atoms with van der Waals surface area (Å²) in [5.41, 5.74) is 6.35. The number of nitrogens with one attached hydrogen (secondary N) is 1. The highest BCUT2D eigenvalue weighted by atomic mass is 16.1. The lowest BCUT2D eigenvalue weighted by Gasteiger charge is -2.16. The van der Waals surface area contributed by atoms with Gasteiger partial charge in [0, 0.05) is 19.0 Å². The van der Waals surface area contributed by atoms with Gasteiger partial charge in [-0.05, 0) is 37.0 Å². The quantitative estimate of drug-likeness (QED) is 0.737. The number of rotatable bonds is 4. The van der Waals surface area contributed by atoms with Crippen LogP contribution in [-0.2, 0) is 4.79 Å². The normalized spacial score (nSPS) is 32.7. The fraction of sp³-hybridized carbons (Fsp3) is 0.917. The summed E-state index contributed by atoms with van der Waals surface area (Å²) in [6, 6.07) is 0.257. The molecule has 3 nitrogen and oxygen atoms in total. The molecule has 86 valence electrons. The van der Waals surface area contributed by atoms with Gasteiger partial charge in [-0.15, -0.1) is 0 Å². The smallest absolute Gasteiger partial charge is 0.220 e. The molecule has 0 aromatic heterocycles. The Hall–Kier alpha value is -0.570. The van der Waals surface area contributed by atoms with Crippen molar-refractivity contribution in [3.05, 3.63) is 0 Å². The van der Waals surface area contributed by atoms with Crippen molar-refractivity contribution in [3.8, 4) is 0 Å². The minimum atomic E-state index is 0.200. The fourth-order valence-electron chi connectivity index (χ4n) is 2.33. The highest BCUT2D eigenvalue weighted by molar-refractivity contribution is 5.76. The summed E-state index contributed by atoms with van der Waals surface area (Å²) in [5, 5.41) is 3.04. The van der Waals surface area contributed by atoms with E-state index in [1.807, 2.05) is 0 Å². The summed E-state index contributed by atoms with van der Waals surface area (Å²) in [4.78, 5) is 11.7. The number of nitrogens with two attached hydrogens (primary N) is 1. The minimum Gasteiger partial charge on any atom is -0.356 e. The number of carbonyl (C=O) groups excluding carboxylic acids is 1. The van der Waals surface area contributed by atoms with Gasteiger partial charge in [-0.2, -0.15) is 0 Å². The van der Waals surface area contributed by atoms with E-state index in [2.05, 4.69) is 12.2 Å². The first-order chi connectivity index (χ1) is 7.09. The molecule has 0 spiro atoms. The van der Waals surface area contributed by atoms with Gasteiger partial charge in [0.2, 0.25) is 5.91 Å². The molecule has 0 unspecified atom stereocenters. The molecule has 3 N–H and O–H groups in total. The van der Waals surface area contributed by atoms with Crippen molar-refractivity contribution in [2.24, 2.45) is 17.1 Å². The zero-order valence-corrected chi connectivity index (χ0v) is 9.59. The topological polar surface area (TPSA) is 55.1 Å². The van der Waals surface area contributed by atoms with E-state index in [1.54, 1.807) is 0 Å². The van der Waals surface area contributed by atoms with Gasteiger partial charge in [0.05, 0.1) is 0 Å². The average Bonchev–Trinajstić information content (AvgIpc) is 2.80. The zero-order valence-electron chi connectivity index (χ0n) is 9.59. The second-order valence-corrected chi connectivity index (χ2v) is 5.65. The molecule has 2 atom stereocenters. The third-order valence-corrected chi connectivity index (χ3v) is 3.98. The van der Waals surface area contributed by atoms with Gasteiger partial charge in [0.25, 0.3) is 0 Å². The highest BCUT2D eigenvalue weighted by Crippen LogP contribution is 2.44. The number of hydrogen-bond acceptors (Lipinski definition) is 2. The first-order valence-corrected chi connectivity index (χ1v) is 6.11. The van der Waals surface area contributed by atoms with E-state index < -0.39 is 0 Å². The van der Waals surface area contributed by atoms with Crippen LogP contribution in [0, 0.1) is 11.3 Å². The van der Waals surface area contributed by atoms with Crippen LogP contribution < -0.4 is 11.1 Å². The summed E-state index contributed by atoms with van der Waals surface area (Å²) in [6.45, 7) is 3.09. The van der Waals surface area contributed by atoms with Crippen LogP contribution in [-0.4, -0.2) is 18.5 Å². The molecule has 2 rings (SSSR count). The van der Waals surface area contributed by atoms with E-state index in [1.165, 1.54) is 19.3 Å². The van der Waals surface area contributed by atoms with E-state index in [9.17, 15) is 4.79 Å². The number of hydrogen-bond donors (Lipinski definition) is 2. The van der Waals surface area contributed by atoms with Crippen LogP contribution in [0.3, 0.4) is 0 Å². The molecule has 0 heterocycles. The lowest BCUT2D eigenvalue weighted by atomic mass is 9.99. The number of amides is 1. The van der Waals surface area contributed by atoms with E-state index in [-0.39, 0.29) is 11.9 Å². The monoisotopic (exact) mass is 210 g/mol. The molecule has 3 heteroatoms. The predicted molar refractivity (Wildman–Crippen MR) is 60.3 cm³/mol. The molecule has 2 aliphatic carbocycles. The molecular formula is C12H22N2O. The van der Waals surface area contributed by atoms with Gasteiger partial charge in [-0.1, -0.05) is 13.3 Å². The van der Waals surface area contributed by atoms with Gasteiger partial charge < -0.3 is 11.1 Å². The first-order valence-electron chi connectivity index (χ1n) is 6.11. The Morgan fingerprint density at radius 3 is 2.73 bits per heavy atom. The van der Waals surface area contributed by atoms with E-state index in [0.29, 0.717) is 17.8 Å². The van der Waals surface area contributed by atoms with Crippen LogP contribution in [0.1, 0.15) is 45.4 Å². The molecule has 2 fully saturated rings. The van der Waals surface area contributed by atoms with Crippen LogP contribution >= 0.6 is 0 Å². The van der Waals surface area contributed by atoms with E-state index in [0.717, 1.165) is 19.4 Å². The van der Waals surface area contributed by atoms with Crippen molar-refractivity contribution in [3.63, 3.8) is 0 Å². The average molecular weight is 210 g/mol. The summed E-state index contributed by atoms with van der Waals surface area (Å²) >= 11 is 0. The van der Waals surface area contributed by atoms with Crippen LogP contribution in [0.2, 0.25) is 0 Å². The Balaban J connectivity index is 1.67. The second kappa shape index (κ2) is 4.12. The van der Waals surface area contributed by atoms with Crippen molar-refractivity contribution in [1.29, 1.82) is 0 Å². The Bertz CT molecular complexity index is 248. The molecule has 2 saturated carbocycles. The van der Waals surface area contributed by atoms with Gasteiger partial charge in [0.15, 0.2) is 0 Å². The Morgan fingerprint density at radius 2 is 2.20 bits per heavy atom. The second-order valence-electron chi connectivity index (χ2n) is 5.65. The molecule has 0 aromatic rings. The summed E-state index contributed by atoms with van der Waals surface area (Å²) < 4.78 is 0. The van der Waals surface area contributed by atoms with Crippen LogP contribution in [0.25, 0.3) is 0 Å². The largest absolute Gasteiger partial charge is 0.356 e. The molecule has 0 radical (unpaired) electrons. The summed E-state index contributed by atoms with van der Waals surface area (Å²) in [5.74, 6) is 0.627. The van der Waals surface area contributed by atoms with Gasteiger partial charge >= 0.3 is 0 Å². The van der Waals surface area contributed by atoms with Crippen LogP contribution in [0.4, 0.5) is 0 Å². The third kappa shape index (κ3) is 2.94. The summed E-state index contributed by atoms with van der Waals surface area (Å²) in [6.07, 6.45) is 6.57. The van der Waals surface area contributed by atoms with Gasteiger partial charge in [-0.3, -0.25) is 4.79 Å². The van der Waals surface area contributed by atoms with Crippen molar-refractivity contribution in [2.45, 2.75) is 51.5 Å². The standard InChI is InChI=1S/C12H22N2O/c1-12(5-6-12)8-14-11(15)7-9-3-2-4-10(9)13/h9-10H,2-8,13H2,1H3,(H,14,15)/t9-,10+/m0/s1. The number of carbonyl (C=O) groups is 1. The van der Waals surface area contributed by atoms with Gasteiger partial charge in [-0.25, -0.2) is 0 Å². The van der Waals surface area contributed by atoms with Crippen molar-refractivity contribution in [2.75, 3.05) is 6.54 Å². The molecule has 0 aliphatic heterocycles. The lowest BCUT2D eigenvalue weighted by molar-refractivity contribution is -0.122. The van der Waals surface area contributed by atoms with Crippen molar-refractivity contribution in [1.82, 2.24) is 5.32 Å². The Kier molecular flexibility index (Phi) is 3.01. The molecule has 1 amide bonds. The zero-order chi connectivity index (χ0) is 10.9. The maximum absolute atomic E-state index is 11.7. The summed E-state index contributed by atoms with van der Waals surface area (Å²) in [7, 11) is 0. The first kappa shape index (κ1) is 10.9. The van der Waals surface area contributed by atoms with Crippen molar-refractivity contribution < 1.29 is 4.79 Å². The third-order valence-electron chi connectivity index (χ3n) is 3.98. The lowest BCUT2D eigenvalue weighted by Crippen LogP contribution is -2.33. The molecule has 0 saturated heterocycles. The van der Waals surface area contributed by atoms with Crippen LogP contribution in [0.5, 0.6) is 0 Å². The molecule has 0 bridgehead atoms. The van der Waals surface area contributed by atoms with Gasteiger partial charge in [0.1, 0.15) is 0 Å². The van der Waals surface area contributed by atoms with Crippen molar-refractivity contribution >= 4 is 5.91 Å². The molecule has 0 aromatic carbocycles. The Labute approximate surface area is 91.8 Å².